The van der Waals surface area contributed by atoms with Crippen molar-refractivity contribution in [2.45, 2.75) is 13.3 Å². The van der Waals surface area contributed by atoms with Crippen LogP contribution >= 0.6 is 24.0 Å². The quantitative estimate of drug-likeness (QED) is 0.354. The summed E-state index contributed by atoms with van der Waals surface area (Å²) in [6.45, 7) is 2.81. The third-order valence-corrected chi connectivity index (χ3v) is 3.99. The van der Waals surface area contributed by atoms with Gasteiger partial charge in [-0.25, -0.2) is 0 Å². The summed E-state index contributed by atoms with van der Waals surface area (Å²) >= 11 is 0. The van der Waals surface area contributed by atoms with Crippen molar-refractivity contribution in [3.8, 4) is 17.2 Å². The van der Waals surface area contributed by atoms with Gasteiger partial charge in [-0.1, -0.05) is 17.7 Å². The van der Waals surface area contributed by atoms with Gasteiger partial charge in [-0.05, 0) is 37.1 Å². The SMILES string of the molecule is CN=C(NCCc1cc(C)ccc1OC)Nc1ccc(OC)c(OC)c1.I. The molecule has 0 saturated carbocycles. The van der Waals surface area contributed by atoms with Crippen molar-refractivity contribution in [2.24, 2.45) is 4.99 Å². The van der Waals surface area contributed by atoms with E-state index < -0.39 is 0 Å². The van der Waals surface area contributed by atoms with Gasteiger partial charge in [0.1, 0.15) is 5.75 Å². The molecule has 2 rings (SSSR count). The minimum atomic E-state index is 0. The van der Waals surface area contributed by atoms with Gasteiger partial charge in [0.2, 0.25) is 0 Å². The molecule has 27 heavy (non-hydrogen) atoms. The van der Waals surface area contributed by atoms with E-state index in [2.05, 4.69) is 28.6 Å². The fourth-order valence-electron chi connectivity index (χ4n) is 2.65. The summed E-state index contributed by atoms with van der Waals surface area (Å²) in [5.41, 5.74) is 3.25. The van der Waals surface area contributed by atoms with E-state index in [9.17, 15) is 0 Å². The highest BCUT2D eigenvalue weighted by Crippen LogP contribution is 2.29. The average molecular weight is 485 g/mol. The van der Waals surface area contributed by atoms with Crippen LogP contribution in [0.1, 0.15) is 11.1 Å². The number of benzene rings is 2. The highest BCUT2D eigenvalue weighted by atomic mass is 127. The maximum atomic E-state index is 5.43. The first kappa shape index (κ1) is 22.9. The predicted octanol–water partition coefficient (Wildman–Crippen LogP) is 3.87. The predicted molar refractivity (Wildman–Crippen MR) is 121 cm³/mol. The Hall–Kier alpha value is -2.16. The summed E-state index contributed by atoms with van der Waals surface area (Å²) in [4.78, 5) is 4.26. The number of ether oxygens (including phenoxy) is 3. The summed E-state index contributed by atoms with van der Waals surface area (Å²) in [7, 11) is 6.66. The van der Waals surface area contributed by atoms with E-state index in [1.54, 1.807) is 28.4 Å². The van der Waals surface area contributed by atoms with Gasteiger partial charge in [-0.2, -0.15) is 0 Å². The van der Waals surface area contributed by atoms with Crippen LogP contribution in [0.15, 0.2) is 41.4 Å². The van der Waals surface area contributed by atoms with Crippen LogP contribution in [0.2, 0.25) is 0 Å². The molecule has 0 radical (unpaired) electrons. The standard InChI is InChI=1S/C20H27N3O3.HI/c1-14-6-8-17(24-3)15(12-14)10-11-22-20(21-2)23-16-7-9-18(25-4)19(13-16)26-5;/h6-9,12-13H,10-11H2,1-5H3,(H2,21,22,23);1H. The second-order valence-electron chi connectivity index (χ2n) is 5.76. The zero-order valence-corrected chi connectivity index (χ0v) is 18.8. The molecule has 0 fully saturated rings. The van der Waals surface area contributed by atoms with Crippen LogP contribution in [0.4, 0.5) is 5.69 Å². The molecule has 0 aliphatic rings. The molecule has 7 heteroatoms. The maximum Gasteiger partial charge on any atom is 0.195 e. The largest absolute Gasteiger partial charge is 0.496 e. The highest BCUT2D eigenvalue weighted by molar-refractivity contribution is 14.0. The lowest BCUT2D eigenvalue weighted by Crippen LogP contribution is -2.32. The van der Waals surface area contributed by atoms with Crippen LogP contribution in [0, 0.1) is 6.92 Å². The molecular formula is C20H28IN3O3. The minimum absolute atomic E-state index is 0. The maximum absolute atomic E-state index is 5.43. The van der Waals surface area contributed by atoms with Gasteiger partial charge in [-0.3, -0.25) is 4.99 Å². The molecule has 0 spiro atoms. The number of aryl methyl sites for hydroxylation is 1. The number of methoxy groups -OCH3 is 3. The molecule has 2 aromatic carbocycles. The van der Waals surface area contributed by atoms with Gasteiger partial charge >= 0.3 is 0 Å². The minimum Gasteiger partial charge on any atom is -0.496 e. The Bertz CT molecular complexity index is 766. The number of hydrogen-bond acceptors (Lipinski definition) is 4. The lowest BCUT2D eigenvalue weighted by molar-refractivity contribution is 0.355. The number of rotatable bonds is 7. The summed E-state index contributed by atoms with van der Waals surface area (Å²) in [5.74, 6) is 2.94. The Labute approximate surface area is 178 Å². The van der Waals surface area contributed by atoms with Gasteiger partial charge < -0.3 is 24.8 Å². The van der Waals surface area contributed by atoms with E-state index >= 15 is 0 Å². The molecule has 148 valence electrons. The van der Waals surface area contributed by atoms with Crippen LogP contribution in [-0.4, -0.2) is 40.9 Å². The van der Waals surface area contributed by atoms with Crippen LogP contribution in [0.5, 0.6) is 17.2 Å². The van der Waals surface area contributed by atoms with Crippen LogP contribution in [-0.2, 0) is 6.42 Å². The first-order chi connectivity index (χ1) is 12.6. The average Bonchev–Trinajstić information content (AvgIpc) is 2.67. The number of nitrogens with one attached hydrogen (secondary N) is 2. The monoisotopic (exact) mass is 485 g/mol. The van der Waals surface area contributed by atoms with E-state index in [4.69, 9.17) is 14.2 Å². The number of nitrogens with zero attached hydrogens (tertiary/aromatic N) is 1. The van der Waals surface area contributed by atoms with Gasteiger partial charge in [0.15, 0.2) is 17.5 Å². The zero-order chi connectivity index (χ0) is 18.9. The van der Waals surface area contributed by atoms with E-state index in [1.807, 2.05) is 30.3 Å². The molecule has 0 bridgehead atoms. The molecule has 6 nitrogen and oxygen atoms in total. The van der Waals surface area contributed by atoms with Crippen molar-refractivity contribution in [3.05, 3.63) is 47.5 Å². The van der Waals surface area contributed by atoms with Crippen molar-refractivity contribution < 1.29 is 14.2 Å². The van der Waals surface area contributed by atoms with Gasteiger partial charge in [0, 0.05) is 25.3 Å². The molecule has 2 N–H and O–H groups in total. The molecular weight excluding hydrogens is 457 g/mol. The molecule has 0 unspecified atom stereocenters. The number of aliphatic imine (C=N–C) groups is 1. The van der Waals surface area contributed by atoms with Gasteiger partial charge in [-0.15, -0.1) is 24.0 Å². The molecule has 0 aliphatic heterocycles. The highest BCUT2D eigenvalue weighted by Gasteiger charge is 2.07. The second kappa shape index (κ2) is 11.5. The van der Waals surface area contributed by atoms with Crippen molar-refractivity contribution >= 4 is 35.6 Å². The Morgan fingerprint density at radius 1 is 0.926 bits per heavy atom. The Kier molecular flexibility index (Phi) is 9.77. The van der Waals surface area contributed by atoms with Crippen molar-refractivity contribution in [1.82, 2.24) is 5.32 Å². The van der Waals surface area contributed by atoms with E-state index in [0.29, 0.717) is 17.5 Å². The van der Waals surface area contributed by atoms with Crippen molar-refractivity contribution in [1.29, 1.82) is 0 Å². The summed E-state index contributed by atoms with van der Waals surface area (Å²) < 4.78 is 16.0. The lowest BCUT2D eigenvalue weighted by Gasteiger charge is -2.15. The second-order valence-corrected chi connectivity index (χ2v) is 5.76. The first-order valence-corrected chi connectivity index (χ1v) is 8.44. The number of halogens is 1. The molecule has 0 aliphatic carbocycles. The smallest absolute Gasteiger partial charge is 0.195 e. The van der Waals surface area contributed by atoms with Crippen molar-refractivity contribution in [2.75, 3.05) is 40.2 Å². The Morgan fingerprint density at radius 3 is 2.22 bits per heavy atom. The van der Waals surface area contributed by atoms with Crippen LogP contribution in [0.25, 0.3) is 0 Å². The third kappa shape index (κ3) is 6.50. The first-order valence-electron chi connectivity index (χ1n) is 8.44. The molecule has 0 heterocycles. The van der Waals surface area contributed by atoms with E-state index in [1.165, 1.54) is 11.1 Å². The molecule has 2 aromatic rings. The van der Waals surface area contributed by atoms with E-state index in [0.717, 1.165) is 24.4 Å². The van der Waals surface area contributed by atoms with Gasteiger partial charge in [0.05, 0.1) is 21.3 Å². The zero-order valence-electron chi connectivity index (χ0n) is 16.5. The van der Waals surface area contributed by atoms with Crippen LogP contribution in [0.3, 0.4) is 0 Å². The number of guanidine groups is 1. The fourth-order valence-corrected chi connectivity index (χ4v) is 2.65. The number of hydrogen-bond donors (Lipinski definition) is 2. The Balaban J connectivity index is 0.00000364. The van der Waals surface area contributed by atoms with Crippen molar-refractivity contribution in [3.63, 3.8) is 0 Å². The summed E-state index contributed by atoms with van der Waals surface area (Å²) in [6.07, 6.45) is 0.831. The topological polar surface area (TPSA) is 64.1 Å². The lowest BCUT2D eigenvalue weighted by atomic mass is 10.1. The Morgan fingerprint density at radius 2 is 1.59 bits per heavy atom. The fraction of sp³-hybridized carbons (Fsp3) is 0.350. The molecule has 0 atom stereocenters. The molecule has 0 saturated heterocycles. The normalized spacial score (nSPS) is 10.6. The summed E-state index contributed by atoms with van der Waals surface area (Å²) in [6, 6.07) is 11.8. The summed E-state index contributed by atoms with van der Waals surface area (Å²) in [5, 5.41) is 6.57. The third-order valence-electron chi connectivity index (χ3n) is 3.99. The van der Waals surface area contributed by atoms with Gasteiger partial charge in [0.25, 0.3) is 0 Å². The number of anilines is 1. The van der Waals surface area contributed by atoms with Crippen LogP contribution < -0.4 is 24.8 Å². The molecule has 0 amide bonds. The molecule has 0 aromatic heterocycles. The van der Waals surface area contributed by atoms with E-state index in [-0.39, 0.29) is 24.0 Å².